The molecule has 36 heavy (non-hydrogen) atoms. The number of aromatic amines is 1. The molecule has 2 fully saturated rings. The van der Waals surface area contributed by atoms with Gasteiger partial charge in [0.05, 0.1) is 22.8 Å². The van der Waals surface area contributed by atoms with Crippen molar-refractivity contribution in [1.29, 1.82) is 0 Å². The predicted octanol–water partition coefficient (Wildman–Crippen LogP) is 3.42. The number of aromatic nitrogens is 3. The van der Waals surface area contributed by atoms with E-state index in [-0.39, 0.29) is 18.0 Å². The first kappa shape index (κ1) is 25.2. The summed E-state index contributed by atoms with van der Waals surface area (Å²) < 4.78 is 5.53. The number of urea groups is 1. The first-order chi connectivity index (χ1) is 17.1. The molecule has 1 unspecified atom stereocenters. The number of carbonyl (C=O) groups is 2. The van der Waals surface area contributed by atoms with Crippen LogP contribution in [-0.2, 0) is 16.8 Å². The average molecular weight is 516 g/mol. The van der Waals surface area contributed by atoms with E-state index in [9.17, 15) is 9.59 Å². The lowest BCUT2D eigenvalue weighted by Crippen LogP contribution is -2.62. The highest BCUT2D eigenvalue weighted by atomic mass is 32.1. The summed E-state index contributed by atoms with van der Waals surface area (Å²) in [5.41, 5.74) is 1.52. The lowest BCUT2D eigenvalue weighted by Gasteiger charge is -2.47. The van der Waals surface area contributed by atoms with Gasteiger partial charge in [-0.05, 0) is 53.4 Å². The minimum Gasteiger partial charge on any atom is -0.381 e. The number of aryl methyl sites for hydroxylation is 1. The SMILES string of the molecule is Cc1nc(C(=O)Nc2n[nH]c3c2CN(C(=O)N2CC(C)N(CC4CCOCC4)C[C@@H]2C)C3(C)C)cs1. The summed E-state index contributed by atoms with van der Waals surface area (Å²) in [5.74, 6) is 0.846. The van der Waals surface area contributed by atoms with Crippen LogP contribution in [0.25, 0.3) is 0 Å². The average Bonchev–Trinajstić information content (AvgIpc) is 3.52. The zero-order chi connectivity index (χ0) is 25.6. The summed E-state index contributed by atoms with van der Waals surface area (Å²) in [4.78, 5) is 37.3. The van der Waals surface area contributed by atoms with Gasteiger partial charge in [0.15, 0.2) is 5.82 Å². The van der Waals surface area contributed by atoms with Crippen LogP contribution in [0.3, 0.4) is 0 Å². The maximum atomic E-state index is 13.9. The number of hydrogen-bond acceptors (Lipinski definition) is 7. The third kappa shape index (κ3) is 4.64. The Balaban J connectivity index is 1.26. The van der Waals surface area contributed by atoms with Crippen molar-refractivity contribution < 1.29 is 14.3 Å². The van der Waals surface area contributed by atoms with Crippen molar-refractivity contribution in [1.82, 2.24) is 29.9 Å². The van der Waals surface area contributed by atoms with Crippen LogP contribution in [0.4, 0.5) is 10.6 Å². The summed E-state index contributed by atoms with van der Waals surface area (Å²) in [6, 6.07) is 0.449. The van der Waals surface area contributed by atoms with E-state index >= 15 is 0 Å². The number of nitrogens with one attached hydrogen (secondary N) is 2. The topological polar surface area (TPSA) is 107 Å². The van der Waals surface area contributed by atoms with E-state index in [2.05, 4.69) is 39.2 Å². The molecule has 2 aromatic heterocycles. The van der Waals surface area contributed by atoms with Crippen molar-refractivity contribution in [2.75, 3.05) is 38.2 Å². The summed E-state index contributed by atoms with van der Waals surface area (Å²) in [7, 11) is 0. The fourth-order valence-corrected chi connectivity index (χ4v) is 6.29. The van der Waals surface area contributed by atoms with Crippen molar-refractivity contribution in [3.05, 3.63) is 27.3 Å². The molecule has 0 aliphatic carbocycles. The fourth-order valence-electron chi connectivity index (χ4n) is 5.70. The molecule has 0 aromatic carbocycles. The molecule has 5 rings (SSSR count). The Hall–Kier alpha value is -2.50. The van der Waals surface area contributed by atoms with Crippen molar-refractivity contribution in [3.63, 3.8) is 0 Å². The van der Waals surface area contributed by atoms with Gasteiger partial charge in [-0.2, -0.15) is 5.10 Å². The zero-order valence-corrected chi connectivity index (χ0v) is 22.7. The van der Waals surface area contributed by atoms with Gasteiger partial charge in [-0.25, -0.2) is 9.78 Å². The van der Waals surface area contributed by atoms with Crippen molar-refractivity contribution in [2.45, 2.75) is 71.6 Å². The Morgan fingerprint density at radius 3 is 2.67 bits per heavy atom. The van der Waals surface area contributed by atoms with E-state index < -0.39 is 5.54 Å². The lowest BCUT2D eigenvalue weighted by molar-refractivity contribution is 0.00882. The van der Waals surface area contributed by atoms with Crippen molar-refractivity contribution in [3.8, 4) is 0 Å². The minimum atomic E-state index is -0.568. The molecule has 3 aliphatic heterocycles. The van der Waals surface area contributed by atoms with E-state index in [1.807, 2.05) is 30.6 Å². The molecule has 3 aliphatic rings. The van der Waals surface area contributed by atoms with E-state index in [0.717, 1.165) is 55.4 Å². The largest absolute Gasteiger partial charge is 0.381 e. The van der Waals surface area contributed by atoms with Gasteiger partial charge < -0.3 is 19.9 Å². The van der Waals surface area contributed by atoms with Gasteiger partial charge in [0.2, 0.25) is 0 Å². The van der Waals surface area contributed by atoms with E-state index in [4.69, 9.17) is 4.74 Å². The van der Waals surface area contributed by atoms with Crippen LogP contribution in [0.15, 0.2) is 5.38 Å². The number of ether oxygens (including phenoxy) is 1. The molecular weight excluding hydrogens is 478 g/mol. The highest BCUT2D eigenvalue weighted by molar-refractivity contribution is 7.09. The zero-order valence-electron chi connectivity index (χ0n) is 21.8. The van der Waals surface area contributed by atoms with Gasteiger partial charge in [-0.1, -0.05) is 0 Å². The molecule has 2 atom stereocenters. The maximum absolute atomic E-state index is 13.9. The summed E-state index contributed by atoms with van der Waals surface area (Å²) in [6.45, 7) is 15.1. The molecule has 5 heterocycles. The quantitative estimate of drug-likeness (QED) is 0.646. The number of H-pyrrole nitrogens is 1. The van der Waals surface area contributed by atoms with Crippen LogP contribution >= 0.6 is 11.3 Å². The number of fused-ring (bicyclic) bond motifs is 1. The van der Waals surface area contributed by atoms with E-state index in [1.165, 1.54) is 11.3 Å². The molecule has 196 valence electrons. The van der Waals surface area contributed by atoms with Crippen LogP contribution in [0.1, 0.15) is 67.3 Å². The van der Waals surface area contributed by atoms with Crippen LogP contribution in [-0.4, -0.2) is 86.8 Å². The Morgan fingerprint density at radius 2 is 1.97 bits per heavy atom. The monoisotopic (exact) mass is 515 g/mol. The van der Waals surface area contributed by atoms with Crippen molar-refractivity contribution in [2.24, 2.45) is 5.92 Å². The molecule has 2 saturated heterocycles. The van der Waals surface area contributed by atoms with Crippen LogP contribution in [0.2, 0.25) is 0 Å². The number of carbonyl (C=O) groups excluding carboxylic acids is 2. The molecule has 0 radical (unpaired) electrons. The van der Waals surface area contributed by atoms with E-state index in [0.29, 0.717) is 36.6 Å². The number of rotatable bonds is 4. The lowest BCUT2D eigenvalue weighted by atomic mass is 9.97. The second-order valence-corrected chi connectivity index (χ2v) is 12.0. The third-order valence-corrected chi connectivity index (χ3v) is 8.75. The number of amides is 3. The fraction of sp³-hybridized carbons (Fsp3) is 0.680. The van der Waals surface area contributed by atoms with Gasteiger partial charge in [0.1, 0.15) is 5.69 Å². The molecule has 2 aromatic rings. The van der Waals surface area contributed by atoms with Crippen LogP contribution in [0.5, 0.6) is 0 Å². The maximum Gasteiger partial charge on any atom is 0.321 e. The summed E-state index contributed by atoms with van der Waals surface area (Å²) in [5, 5.41) is 12.9. The molecular formula is C25H37N7O3S. The van der Waals surface area contributed by atoms with Gasteiger partial charge >= 0.3 is 6.03 Å². The molecule has 0 bridgehead atoms. The number of thiazole rings is 1. The molecule has 0 saturated carbocycles. The highest BCUT2D eigenvalue weighted by Gasteiger charge is 2.47. The van der Waals surface area contributed by atoms with Gasteiger partial charge in [-0.3, -0.25) is 14.8 Å². The molecule has 2 N–H and O–H groups in total. The van der Waals surface area contributed by atoms with Crippen molar-refractivity contribution >= 4 is 29.1 Å². The van der Waals surface area contributed by atoms with Gasteiger partial charge in [-0.15, -0.1) is 11.3 Å². The number of piperazine rings is 1. The summed E-state index contributed by atoms with van der Waals surface area (Å²) >= 11 is 1.43. The minimum absolute atomic E-state index is 0.0297. The summed E-state index contributed by atoms with van der Waals surface area (Å²) in [6.07, 6.45) is 2.24. The van der Waals surface area contributed by atoms with Crippen LogP contribution in [0, 0.1) is 12.8 Å². The third-order valence-electron chi connectivity index (χ3n) is 7.98. The van der Waals surface area contributed by atoms with Crippen LogP contribution < -0.4 is 5.32 Å². The second kappa shape index (κ2) is 9.75. The normalized spacial score (nSPS) is 24.7. The first-order valence-corrected chi connectivity index (χ1v) is 13.7. The Kier molecular flexibility index (Phi) is 6.82. The molecule has 3 amide bonds. The number of anilines is 1. The number of hydrogen-bond donors (Lipinski definition) is 2. The van der Waals surface area contributed by atoms with Gasteiger partial charge in [0.25, 0.3) is 5.91 Å². The number of nitrogens with zero attached hydrogens (tertiary/aromatic N) is 5. The first-order valence-electron chi connectivity index (χ1n) is 12.9. The Labute approximate surface area is 216 Å². The molecule has 10 nitrogen and oxygen atoms in total. The Bertz CT molecular complexity index is 1120. The molecule has 0 spiro atoms. The molecule has 11 heteroatoms. The standard InChI is InChI=1S/C25H37N7O3S/c1-15-11-31(16(2)10-30(15)12-18-6-8-35-9-7-18)24(34)32-13-19-21(25(32,4)5)28-29-22(19)27-23(33)20-14-36-17(3)26-20/h14-16,18H,6-13H2,1-5H3,(H2,27,28,29,33)/t15?,16-/m0/s1. The smallest absolute Gasteiger partial charge is 0.321 e. The van der Waals surface area contributed by atoms with E-state index in [1.54, 1.807) is 5.38 Å². The Morgan fingerprint density at radius 1 is 1.22 bits per heavy atom. The predicted molar refractivity (Wildman–Crippen MR) is 138 cm³/mol. The highest BCUT2D eigenvalue weighted by Crippen LogP contribution is 2.41. The van der Waals surface area contributed by atoms with Gasteiger partial charge in [0, 0.05) is 55.9 Å². The second-order valence-electron chi connectivity index (χ2n) is 10.9.